The molecule has 37 heavy (non-hydrogen) atoms. The maximum absolute atomic E-state index is 14.0. The van der Waals surface area contributed by atoms with Crippen molar-refractivity contribution in [1.82, 2.24) is 25.3 Å². The number of para-hydroxylation sites is 1. The molecule has 4 unspecified atom stereocenters. The first-order valence-electron chi connectivity index (χ1n) is 13.5. The van der Waals surface area contributed by atoms with Gasteiger partial charge in [-0.05, 0) is 64.1 Å². The van der Waals surface area contributed by atoms with E-state index < -0.39 is 18.1 Å². The summed E-state index contributed by atoms with van der Waals surface area (Å²) in [6.45, 7) is 6.17. The van der Waals surface area contributed by atoms with Gasteiger partial charge < -0.3 is 20.9 Å². The lowest BCUT2D eigenvalue weighted by Crippen LogP contribution is -2.58. The van der Waals surface area contributed by atoms with Gasteiger partial charge in [0.05, 0.1) is 17.4 Å². The van der Waals surface area contributed by atoms with Crippen LogP contribution in [0.25, 0.3) is 5.69 Å². The van der Waals surface area contributed by atoms with Crippen LogP contribution in [0.15, 0.2) is 36.4 Å². The lowest BCUT2D eigenvalue weighted by molar-refractivity contribution is -0.142. The summed E-state index contributed by atoms with van der Waals surface area (Å²) >= 11 is 0. The molecule has 1 saturated carbocycles. The van der Waals surface area contributed by atoms with Crippen molar-refractivity contribution in [3.8, 4) is 5.69 Å². The number of hydrogen-bond acceptors (Lipinski definition) is 5. The molecule has 200 valence electrons. The summed E-state index contributed by atoms with van der Waals surface area (Å²) in [5.74, 6) is 0.0729. The molecule has 3 amide bonds. The van der Waals surface area contributed by atoms with E-state index in [-0.39, 0.29) is 29.6 Å². The van der Waals surface area contributed by atoms with E-state index in [9.17, 15) is 14.4 Å². The standard InChI is InChI=1S/C28H40N6O3/c1-18-15-16-33(28(37)24(21-11-7-5-8-12-21)31-26(35)20(3)29-4)25(18)27(36)30-23-17-19(2)32-34(23)22-13-9-6-10-14-22/h6,9-10,13-14,17-18,20-21,24-25,29H,5,7-8,11-12,15-16H2,1-4H3,(H,30,36)(H,31,35). The van der Waals surface area contributed by atoms with E-state index in [0.717, 1.165) is 49.9 Å². The van der Waals surface area contributed by atoms with Crippen molar-refractivity contribution in [2.45, 2.75) is 77.4 Å². The Bertz CT molecular complexity index is 1090. The van der Waals surface area contributed by atoms with Gasteiger partial charge in [-0.2, -0.15) is 5.10 Å². The van der Waals surface area contributed by atoms with E-state index in [4.69, 9.17) is 0 Å². The monoisotopic (exact) mass is 508 g/mol. The molecule has 2 aliphatic rings. The van der Waals surface area contributed by atoms with Crippen molar-refractivity contribution in [3.63, 3.8) is 0 Å². The maximum Gasteiger partial charge on any atom is 0.248 e. The molecule has 0 bridgehead atoms. The summed E-state index contributed by atoms with van der Waals surface area (Å²) in [5, 5.41) is 13.6. The molecule has 1 aromatic carbocycles. The molecule has 9 heteroatoms. The number of nitrogens with zero attached hydrogens (tertiary/aromatic N) is 3. The van der Waals surface area contributed by atoms with Crippen LogP contribution >= 0.6 is 0 Å². The number of hydrogen-bond donors (Lipinski definition) is 3. The van der Waals surface area contributed by atoms with Crippen LogP contribution in [-0.2, 0) is 14.4 Å². The van der Waals surface area contributed by atoms with Crippen LogP contribution in [0, 0.1) is 18.8 Å². The van der Waals surface area contributed by atoms with Gasteiger partial charge in [0, 0.05) is 12.6 Å². The SMILES string of the molecule is CNC(C)C(=O)NC(C(=O)N1CCC(C)C1C(=O)Nc1cc(C)nn1-c1ccccc1)C1CCCCC1. The van der Waals surface area contributed by atoms with Crippen LogP contribution in [0.5, 0.6) is 0 Å². The third-order valence-electron chi connectivity index (χ3n) is 7.85. The molecule has 1 aromatic heterocycles. The van der Waals surface area contributed by atoms with E-state index in [1.807, 2.05) is 50.2 Å². The summed E-state index contributed by atoms with van der Waals surface area (Å²) in [5.41, 5.74) is 1.63. The van der Waals surface area contributed by atoms with Crippen LogP contribution in [-0.4, -0.2) is 64.1 Å². The third kappa shape index (κ3) is 6.04. The first kappa shape index (κ1) is 26.9. The minimum atomic E-state index is -0.624. The van der Waals surface area contributed by atoms with Gasteiger partial charge in [0.1, 0.15) is 17.9 Å². The van der Waals surface area contributed by atoms with Gasteiger partial charge >= 0.3 is 0 Å². The molecule has 2 aromatic rings. The fourth-order valence-electron chi connectivity index (χ4n) is 5.59. The summed E-state index contributed by atoms with van der Waals surface area (Å²) < 4.78 is 1.71. The molecule has 2 heterocycles. The molecule has 4 rings (SSSR count). The van der Waals surface area contributed by atoms with Crippen LogP contribution < -0.4 is 16.0 Å². The molecule has 0 spiro atoms. The van der Waals surface area contributed by atoms with Crippen molar-refractivity contribution >= 4 is 23.5 Å². The molecule has 9 nitrogen and oxygen atoms in total. The lowest BCUT2D eigenvalue weighted by atomic mass is 9.83. The van der Waals surface area contributed by atoms with E-state index >= 15 is 0 Å². The summed E-state index contributed by atoms with van der Waals surface area (Å²) in [7, 11) is 1.73. The van der Waals surface area contributed by atoms with Crippen LogP contribution in [0.2, 0.25) is 0 Å². The highest BCUT2D eigenvalue weighted by molar-refractivity contribution is 5.99. The molecule has 2 fully saturated rings. The van der Waals surface area contributed by atoms with Crippen molar-refractivity contribution < 1.29 is 14.4 Å². The number of aryl methyl sites for hydroxylation is 1. The number of rotatable bonds is 8. The van der Waals surface area contributed by atoms with Crippen molar-refractivity contribution in [1.29, 1.82) is 0 Å². The van der Waals surface area contributed by atoms with E-state index in [2.05, 4.69) is 21.0 Å². The first-order chi connectivity index (χ1) is 17.8. The Morgan fingerprint density at radius 3 is 2.43 bits per heavy atom. The largest absolute Gasteiger partial charge is 0.343 e. The number of nitrogens with one attached hydrogen (secondary N) is 3. The highest BCUT2D eigenvalue weighted by Gasteiger charge is 2.44. The van der Waals surface area contributed by atoms with Crippen molar-refractivity contribution in [3.05, 3.63) is 42.1 Å². The number of likely N-dealkylation sites (N-methyl/N-ethyl adjacent to an activating group) is 1. The second-order valence-electron chi connectivity index (χ2n) is 10.5. The minimum absolute atomic E-state index is 0.00270. The highest BCUT2D eigenvalue weighted by Crippen LogP contribution is 2.31. The summed E-state index contributed by atoms with van der Waals surface area (Å²) in [4.78, 5) is 42.2. The molecular weight excluding hydrogens is 468 g/mol. The number of carbonyl (C=O) groups excluding carboxylic acids is 3. The van der Waals surface area contributed by atoms with Gasteiger partial charge in [-0.15, -0.1) is 0 Å². The van der Waals surface area contributed by atoms with Gasteiger partial charge in [0.2, 0.25) is 17.7 Å². The molecule has 1 aliphatic heterocycles. The smallest absolute Gasteiger partial charge is 0.248 e. The number of benzene rings is 1. The Morgan fingerprint density at radius 2 is 1.76 bits per heavy atom. The number of anilines is 1. The quantitative estimate of drug-likeness (QED) is 0.508. The number of aromatic nitrogens is 2. The summed E-state index contributed by atoms with van der Waals surface area (Å²) in [6.07, 6.45) is 5.79. The zero-order chi connectivity index (χ0) is 26.5. The fraction of sp³-hybridized carbons (Fsp3) is 0.571. The maximum atomic E-state index is 14.0. The Hall–Kier alpha value is -3.20. The summed E-state index contributed by atoms with van der Waals surface area (Å²) in [6, 6.07) is 9.83. The fourth-order valence-corrected chi connectivity index (χ4v) is 5.59. The van der Waals surface area contributed by atoms with E-state index in [0.29, 0.717) is 12.4 Å². The van der Waals surface area contributed by atoms with Crippen LogP contribution in [0.4, 0.5) is 5.82 Å². The Morgan fingerprint density at radius 1 is 1.05 bits per heavy atom. The van der Waals surface area contributed by atoms with Crippen LogP contribution in [0.3, 0.4) is 0 Å². The Labute approximate surface area is 219 Å². The highest BCUT2D eigenvalue weighted by atomic mass is 16.2. The van der Waals surface area contributed by atoms with Gasteiger partial charge in [0.25, 0.3) is 0 Å². The van der Waals surface area contributed by atoms with E-state index in [1.165, 1.54) is 0 Å². The van der Waals surface area contributed by atoms with Gasteiger partial charge in [0.15, 0.2) is 0 Å². The predicted octanol–water partition coefficient (Wildman–Crippen LogP) is 3.03. The van der Waals surface area contributed by atoms with Crippen LogP contribution in [0.1, 0.15) is 58.1 Å². The van der Waals surface area contributed by atoms with Gasteiger partial charge in [-0.25, -0.2) is 4.68 Å². The first-order valence-corrected chi connectivity index (χ1v) is 13.5. The molecule has 1 saturated heterocycles. The molecule has 3 N–H and O–H groups in total. The average molecular weight is 509 g/mol. The lowest BCUT2D eigenvalue weighted by Gasteiger charge is -2.35. The molecule has 4 atom stereocenters. The number of carbonyl (C=O) groups is 3. The van der Waals surface area contributed by atoms with Gasteiger partial charge in [-0.1, -0.05) is 44.4 Å². The van der Waals surface area contributed by atoms with Gasteiger partial charge in [-0.3, -0.25) is 14.4 Å². The molecule has 1 aliphatic carbocycles. The second-order valence-corrected chi connectivity index (χ2v) is 10.5. The molecule has 0 radical (unpaired) electrons. The minimum Gasteiger partial charge on any atom is -0.343 e. The number of likely N-dealkylation sites (tertiary alicyclic amines) is 1. The zero-order valence-corrected chi connectivity index (χ0v) is 22.4. The van der Waals surface area contributed by atoms with Crippen molar-refractivity contribution in [2.75, 3.05) is 18.9 Å². The topological polar surface area (TPSA) is 108 Å². The Balaban J connectivity index is 1.56. The van der Waals surface area contributed by atoms with Crippen molar-refractivity contribution in [2.24, 2.45) is 11.8 Å². The second kappa shape index (κ2) is 11.9. The van der Waals surface area contributed by atoms with E-state index in [1.54, 1.807) is 23.6 Å². The Kier molecular flexibility index (Phi) is 8.63. The third-order valence-corrected chi connectivity index (χ3v) is 7.85. The molecular formula is C28H40N6O3. The average Bonchev–Trinajstić information content (AvgIpc) is 3.48. The number of amides is 3. The zero-order valence-electron chi connectivity index (χ0n) is 22.4. The normalized spacial score (nSPS) is 21.9. The predicted molar refractivity (Wildman–Crippen MR) is 143 cm³/mol.